The number of nitrogens with zero attached hydrogens (tertiary/aromatic N) is 4. The van der Waals surface area contributed by atoms with Crippen LogP contribution in [-0.4, -0.2) is 40.5 Å². The summed E-state index contributed by atoms with van der Waals surface area (Å²) in [6.45, 7) is 4.88. The summed E-state index contributed by atoms with van der Waals surface area (Å²) in [4.78, 5) is 7.31. The Morgan fingerprint density at radius 1 is 1.12 bits per heavy atom. The van der Waals surface area contributed by atoms with Crippen LogP contribution in [0.4, 0.5) is 0 Å². The summed E-state index contributed by atoms with van der Waals surface area (Å²) in [7, 11) is 0. The lowest BCUT2D eigenvalue weighted by Crippen LogP contribution is -2.43. The molecule has 0 bridgehead atoms. The number of benzene rings is 1. The maximum absolute atomic E-state index is 9.03. The molecule has 1 aromatic carbocycles. The first-order valence-electron chi connectivity index (χ1n) is 8.80. The fourth-order valence-electron chi connectivity index (χ4n) is 3.40. The van der Waals surface area contributed by atoms with Crippen molar-refractivity contribution in [1.29, 1.82) is 5.26 Å². The molecule has 4 rings (SSSR count). The molecule has 26 heavy (non-hydrogen) atoms. The van der Waals surface area contributed by atoms with Crippen molar-refractivity contribution in [3.8, 4) is 17.3 Å². The average molecular weight is 366 g/mol. The highest BCUT2D eigenvalue weighted by Gasteiger charge is 2.18. The van der Waals surface area contributed by atoms with Gasteiger partial charge in [-0.15, -0.1) is 0 Å². The van der Waals surface area contributed by atoms with Crippen LogP contribution in [0, 0.1) is 11.3 Å². The molecule has 2 aromatic heterocycles. The van der Waals surface area contributed by atoms with E-state index in [-0.39, 0.29) is 0 Å². The molecule has 3 aromatic rings. The van der Waals surface area contributed by atoms with Gasteiger partial charge in [0.05, 0.1) is 23.9 Å². The number of nitriles is 1. The monoisotopic (exact) mass is 365 g/mol. The lowest BCUT2D eigenvalue weighted by atomic mass is 10.1. The van der Waals surface area contributed by atoms with Crippen LogP contribution in [0.2, 0.25) is 5.02 Å². The number of aromatic nitrogens is 2. The number of nitrogens with one attached hydrogen (secondary N) is 1. The fraction of sp³-hybridized carbons (Fsp3) is 0.300. The number of hydrogen-bond acceptors (Lipinski definition) is 4. The highest BCUT2D eigenvalue weighted by Crippen LogP contribution is 2.27. The molecule has 1 aliphatic heterocycles. The molecule has 0 aliphatic carbocycles. The van der Waals surface area contributed by atoms with Crippen molar-refractivity contribution < 1.29 is 0 Å². The molecule has 0 radical (unpaired) electrons. The van der Waals surface area contributed by atoms with Crippen molar-refractivity contribution >= 4 is 17.2 Å². The van der Waals surface area contributed by atoms with Crippen molar-refractivity contribution in [2.75, 3.05) is 26.2 Å². The van der Waals surface area contributed by atoms with Crippen molar-refractivity contribution in [2.24, 2.45) is 0 Å². The van der Waals surface area contributed by atoms with Gasteiger partial charge in [0.1, 0.15) is 5.65 Å². The number of rotatable bonds is 4. The first-order valence-corrected chi connectivity index (χ1v) is 9.18. The Balaban J connectivity index is 1.81. The van der Waals surface area contributed by atoms with Crippen molar-refractivity contribution in [3.63, 3.8) is 0 Å². The van der Waals surface area contributed by atoms with E-state index in [1.807, 2.05) is 42.6 Å². The smallest absolute Gasteiger partial charge is 0.137 e. The van der Waals surface area contributed by atoms with Gasteiger partial charge >= 0.3 is 0 Å². The maximum Gasteiger partial charge on any atom is 0.137 e. The molecule has 5 nitrogen and oxygen atoms in total. The summed E-state index contributed by atoms with van der Waals surface area (Å²) in [5.41, 5.74) is 5.10. The maximum atomic E-state index is 9.03. The third kappa shape index (κ3) is 3.45. The number of piperazine rings is 1. The van der Waals surface area contributed by atoms with Crippen LogP contribution in [0.15, 0.2) is 42.6 Å². The van der Waals surface area contributed by atoms with E-state index < -0.39 is 0 Å². The van der Waals surface area contributed by atoms with E-state index in [2.05, 4.69) is 20.7 Å². The molecule has 6 heteroatoms. The fourth-order valence-corrected chi connectivity index (χ4v) is 3.53. The molecule has 1 N–H and O–H groups in total. The second-order valence-corrected chi connectivity index (χ2v) is 6.98. The second-order valence-electron chi connectivity index (χ2n) is 6.54. The van der Waals surface area contributed by atoms with Crippen molar-refractivity contribution in [2.45, 2.75) is 13.0 Å². The van der Waals surface area contributed by atoms with E-state index in [0.29, 0.717) is 6.42 Å². The summed E-state index contributed by atoms with van der Waals surface area (Å²) < 4.78 is 2.14. The Kier molecular flexibility index (Phi) is 4.89. The first-order chi connectivity index (χ1) is 12.7. The summed E-state index contributed by atoms with van der Waals surface area (Å²) >= 11 is 6.06. The Labute approximate surface area is 157 Å². The Morgan fingerprint density at radius 2 is 1.88 bits per heavy atom. The van der Waals surface area contributed by atoms with Gasteiger partial charge in [-0.3, -0.25) is 4.90 Å². The molecular weight excluding hydrogens is 346 g/mol. The van der Waals surface area contributed by atoms with Gasteiger partial charge in [-0.1, -0.05) is 29.8 Å². The minimum atomic E-state index is 0.400. The molecule has 0 atom stereocenters. The zero-order chi connectivity index (χ0) is 17.9. The SMILES string of the molecule is N#CCc1ccc2nc(-c3ccc(Cl)cc3)c(CN3CCNCC3)n2c1. The van der Waals surface area contributed by atoms with Gasteiger partial charge in [-0.25, -0.2) is 4.98 Å². The third-order valence-corrected chi connectivity index (χ3v) is 5.01. The molecule has 0 unspecified atom stereocenters. The van der Waals surface area contributed by atoms with Crippen molar-refractivity contribution in [1.82, 2.24) is 19.6 Å². The largest absolute Gasteiger partial charge is 0.314 e. The normalized spacial score (nSPS) is 15.2. The van der Waals surface area contributed by atoms with Crippen LogP contribution < -0.4 is 5.32 Å². The van der Waals surface area contributed by atoms with Gasteiger partial charge in [0.25, 0.3) is 0 Å². The summed E-state index contributed by atoms with van der Waals surface area (Å²) in [5, 5.41) is 13.1. The molecule has 1 aliphatic rings. The zero-order valence-electron chi connectivity index (χ0n) is 14.5. The number of fused-ring (bicyclic) bond motifs is 1. The first kappa shape index (κ1) is 17.0. The quantitative estimate of drug-likeness (QED) is 0.771. The van der Waals surface area contributed by atoms with E-state index in [0.717, 1.165) is 65.9 Å². The molecule has 1 saturated heterocycles. The van der Waals surface area contributed by atoms with Crippen molar-refractivity contribution in [3.05, 3.63) is 58.9 Å². The van der Waals surface area contributed by atoms with Gasteiger partial charge in [-0.2, -0.15) is 5.26 Å². The van der Waals surface area contributed by atoms with Crippen LogP contribution in [0.25, 0.3) is 16.9 Å². The summed E-state index contributed by atoms with van der Waals surface area (Å²) in [5.74, 6) is 0. The topological polar surface area (TPSA) is 56.4 Å². The number of hydrogen-bond donors (Lipinski definition) is 1. The Hall–Kier alpha value is -2.39. The molecule has 3 heterocycles. The van der Waals surface area contributed by atoms with E-state index in [1.165, 1.54) is 0 Å². The van der Waals surface area contributed by atoms with Gasteiger partial charge in [0.2, 0.25) is 0 Å². The van der Waals surface area contributed by atoms with Gasteiger partial charge in [-0.05, 0) is 23.8 Å². The Morgan fingerprint density at radius 3 is 2.62 bits per heavy atom. The van der Waals surface area contributed by atoms with E-state index in [4.69, 9.17) is 21.8 Å². The minimum Gasteiger partial charge on any atom is -0.314 e. The number of imidazole rings is 1. The number of halogens is 1. The highest BCUT2D eigenvalue weighted by atomic mass is 35.5. The average Bonchev–Trinajstić information content (AvgIpc) is 3.01. The van der Waals surface area contributed by atoms with Crippen LogP contribution >= 0.6 is 11.6 Å². The van der Waals surface area contributed by atoms with Crippen LogP contribution in [-0.2, 0) is 13.0 Å². The minimum absolute atomic E-state index is 0.400. The lowest BCUT2D eigenvalue weighted by molar-refractivity contribution is 0.230. The molecule has 0 amide bonds. The van der Waals surface area contributed by atoms with Crippen LogP contribution in [0.3, 0.4) is 0 Å². The predicted molar refractivity (Wildman–Crippen MR) is 103 cm³/mol. The van der Waals surface area contributed by atoms with Gasteiger partial charge in [0.15, 0.2) is 0 Å². The van der Waals surface area contributed by atoms with Crippen LogP contribution in [0.5, 0.6) is 0 Å². The zero-order valence-corrected chi connectivity index (χ0v) is 15.2. The summed E-state index contributed by atoms with van der Waals surface area (Å²) in [6, 6.07) is 14.0. The van der Waals surface area contributed by atoms with Gasteiger partial charge in [0, 0.05) is 49.5 Å². The van der Waals surface area contributed by atoms with E-state index in [1.54, 1.807) is 0 Å². The molecule has 132 valence electrons. The van der Waals surface area contributed by atoms with Crippen LogP contribution in [0.1, 0.15) is 11.3 Å². The summed E-state index contributed by atoms with van der Waals surface area (Å²) in [6.07, 6.45) is 2.44. The van der Waals surface area contributed by atoms with E-state index >= 15 is 0 Å². The van der Waals surface area contributed by atoms with E-state index in [9.17, 15) is 0 Å². The Bertz CT molecular complexity index is 949. The standard InChI is InChI=1S/C20H20ClN5/c21-17-4-2-16(3-5-17)20-18(14-25-11-9-23-10-12-25)26-13-15(7-8-22)1-6-19(26)24-20/h1-6,13,23H,7,9-12,14H2. The third-order valence-electron chi connectivity index (χ3n) is 4.76. The number of pyridine rings is 1. The lowest BCUT2D eigenvalue weighted by Gasteiger charge is -2.27. The second kappa shape index (κ2) is 7.46. The molecule has 0 spiro atoms. The van der Waals surface area contributed by atoms with Gasteiger partial charge < -0.3 is 9.72 Å². The predicted octanol–water partition coefficient (Wildman–Crippen LogP) is 3.13. The molecular formula is C20H20ClN5. The molecule has 1 fully saturated rings. The molecule has 0 saturated carbocycles. The highest BCUT2D eigenvalue weighted by molar-refractivity contribution is 6.30.